The molecule has 6 nitrogen and oxygen atoms in total. The van der Waals surface area contributed by atoms with Gasteiger partial charge in [0, 0.05) is 29.1 Å². The summed E-state index contributed by atoms with van der Waals surface area (Å²) >= 11 is 0. The van der Waals surface area contributed by atoms with Gasteiger partial charge in [-0.3, -0.25) is 9.59 Å². The average molecular weight is 452 g/mol. The molecule has 1 heterocycles. The van der Waals surface area contributed by atoms with E-state index in [1.54, 1.807) is 12.1 Å². The molecule has 170 valence electrons. The van der Waals surface area contributed by atoms with Crippen LogP contribution in [0.25, 0.3) is 5.70 Å². The summed E-state index contributed by atoms with van der Waals surface area (Å²) in [6.45, 7) is 2.00. The Morgan fingerprint density at radius 3 is 2.21 bits per heavy atom. The van der Waals surface area contributed by atoms with Gasteiger partial charge < -0.3 is 14.5 Å². The number of anilines is 2. The lowest BCUT2D eigenvalue weighted by atomic mass is 10.0. The van der Waals surface area contributed by atoms with Crippen LogP contribution >= 0.6 is 0 Å². The zero-order valence-corrected chi connectivity index (χ0v) is 19.1. The number of benzene rings is 3. The number of para-hydroxylation sites is 1. The predicted molar refractivity (Wildman–Crippen MR) is 132 cm³/mol. The van der Waals surface area contributed by atoms with Gasteiger partial charge >= 0.3 is 5.97 Å². The van der Waals surface area contributed by atoms with Crippen molar-refractivity contribution in [3.63, 3.8) is 0 Å². The van der Waals surface area contributed by atoms with Crippen LogP contribution in [-0.4, -0.2) is 25.5 Å². The highest BCUT2D eigenvalue weighted by Gasteiger charge is 2.38. The van der Waals surface area contributed by atoms with Crippen LogP contribution < -0.4 is 9.80 Å². The third kappa shape index (κ3) is 4.41. The third-order valence-electron chi connectivity index (χ3n) is 5.98. The van der Waals surface area contributed by atoms with Crippen LogP contribution in [0.3, 0.4) is 0 Å². The van der Waals surface area contributed by atoms with Gasteiger partial charge in [0.15, 0.2) is 12.5 Å². The fourth-order valence-electron chi connectivity index (χ4n) is 4.30. The molecule has 34 heavy (non-hydrogen) atoms. The SMILES string of the molecule is COC(=O)CCc1ccc(C2=C(C)N(c3ccc(C#N)cc3)C(C=O)N2c2ccccc2)cc1. The van der Waals surface area contributed by atoms with Crippen molar-refractivity contribution < 1.29 is 14.3 Å². The zero-order valence-electron chi connectivity index (χ0n) is 19.1. The minimum absolute atomic E-state index is 0.236. The highest BCUT2D eigenvalue weighted by Crippen LogP contribution is 2.41. The molecule has 0 aliphatic carbocycles. The predicted octanol–water partition coefficient (Wildman–Crippen LogP) is 4.90. The summed E-state index contributed by atoms with van der Waals surface area (Å²) in [5.41, 5.74) is 6.15. The molecule has 0 aromatic heterocycles. The Labute approximate surface area is 199 Å². The van der Waals surface area contributed by atoms with E-state index in [-0.39, 0.29) is 5.97 Å². The second-order valence-corrected chi connectivity index (χ2v) is 7.99. The molecule has 0 N–H and O–H groups in total. The maximum absolute atomic E-state index is 12.4. The molecule has 1 aliphatic rings. The topological polar surface area (TPSA) is 73.6 Å². The summed E-state index contributed by atoms with van der Waals surface area (Å²) in [6, 6.07) is 27.2. The number of methoxy groups -OCH3 is 1. The zero-order chi connectivity index (χ0) is 24.1. The third-order valence-corrected chi connectivity index (χ3v) is 5.98. The minimum Gasteiger partial charge on any atom is -0.469 e. The first kappa shape index (κ1) is 22.8. The van der Waals surface area contributed by atoms with Gasteiger partial charge in [0.25, 0.3) is 0 Å². The summed E-state index contributed by atoms with van der Waals surface area (Å²) in [7, 11) is 1.39. The quantitative estimate of drug-likeness (QED) is 0.376. The first-order valence-corrected chi connectivity index (χ1v) is 11.0. The van der Waals surface area contributed by atoms with Crippen LogP contribution in [0.4, 0.5) is 11.4 Å². The molecule has 3 aromatic rings. The number of carbonyl (C=O) groups excluding carboxylic acids is 2. The average Bonchev–Trinajstić information content (AvgIpc) is 3.20. The number of rotatable bonds is 7. The number of ether oxygens (including phenoxy) is 1. The van der Waals surface area contributed by atoms with Crippen LogP contribution in [0.15, 0.2) is 84.6 Å². The van der Waals surface area contributed by atoms with E-state index in [2.05, 4.69) is 6.07 Å². The van der Waals surface area contributed by atoms with E-state index in [0.29, 0.717) is 18.4 Å². The Morgan fingerprint density at radius 1 is 0.971 bits per heavy atom. The smallest absolute Gasteiger partial charge is 0.305 e. The number of esters is 1. The Hall–Kier alpha value is -4.37. The van der Waals surface area contributed by atoms with Gasteiger partial charge in [-0.25, -0.2) is 0 Å². The second kappa shape index (κ2) is 10.1. The fourth-order valence-corrected chi connectivity index (χ4v) is 4.30. The minimum atomic E-state index is -0.579. The molecule has 1 unspecified atom stereocenters. The van der Waals surface area contributed by atoms with E-state index in [9.17, 15) is 9.59 Å². The Morgan fingerprint density at radius 2 is 1.62 bits per heavy atom. The van der Waals surface area contributed by atoms with Crippen LogP contribution in [0.2, 0.25) is 0 Å². The summed E-state index contributed by atoms with van der Waals surface area (Å²) in [5.74, 6) is -0.236. The molecule has 3 aromatic carbocycles. The maximum atomic E-state index is 12.4. The normalized spacial score (nSPS) is 15.3. The standard InChI is InChI=1S/C28H25N3O3/c1-20-28(23-13-8-21(9-14-23)12-17-27(33)34-2)31(24-6-4-3-5-7-24)26(19-32)30(20)25-15-10-22(18-29)11-16-25/h3-11,13-16,19,26H,12,17H2,1-2H3. The van der Waals surface area contributed by atoms with Crippen LogP contribution in [-0.2, 0) is 20.7 Å². The summed E-state index contributed by atoms with van der Waals surface area (Å²) in [6.07, 6.45) is 1.28. The number of aldehydes is 1. The number of nitrogens with zero attached hydrogens (tertiary/aromatic N) is 3. The van der Waals surface area contributed by atoms with Crippen molar-refractivity contribution in [2.24, 2.45) is 0 Å². The number of aryl methyl sites for hydroxylation is 1. The first-order chi connectivity index (χ1) is 16.6. The van der Waals surface area contributed by atoms with Gasteiger partial charge in [0.05, 0.1) is 24.4 Å². The number of carbonyl (C=O) groups is 2. The molecule has 0 bridgehead atoms. The van der Waals surface area contributed by atoms with Gasteiger partial charge in [0.1, 0.15) is 0 Å². The lowest BCUT2D eigenvalue weighted by molar-refractivity contribution is -0.140. The number of allylic oxidation sites excluding steroid dienone is 1. The molecule has 0 saturated heterocycles. The van der Waals surface area contributed by atoms with E-state index in [4.69, 9.17) is 10.00 Å². The molecule has 6 heteroatoms. The summed E-state index contributed by atoms with van der Waals surface area (Å²) < 4.78 is 4.74. The Bertz CT molecular complexity index is 1240. The molecule has 1 aliphatic heterocycles. The van der Waals surface area contributed by atoms with Gasteiger partial charge in [-0.15, -0.1) is 0 Å². The summed E-state index contributed by atoms with van der Waals surface area (Å²) in [4.78, 5) is 28.0. The molecular formula is C28H25N3O3. The van der Waals surface area contributed by atoms with Crippen molar-refractivity contribution >= 4 is 29.3 Å². The van der Waals surface area contributed by atoms with E-state index in [1.165, 1.54) is 7.11 Å². The van der Waals surface area contributed by atoms with Crippen LogP contribution in [0.5, 0.6) is 0 Å². The van der Waals surface area contributed by atoms with Crippen molar-refractivity contribution in [1.82, 2.24) is 0 Å². The van der Waals surface area contributed by atoms with Crippen LogP contribution in [0, 0.1) is 11.3 Å². The van der Waals surface area contributed by atoms with Gasteiger partial charge in [-0.1, -0.05) is 42.5 Å². The number of hydrogen-bond acceptors (Lipinski definition) is 6. The molecule has 0 spiro atoms. The number of nitriles is 1. The molecule has 0 fully saturated rings. The molecule has 0 saturated carbocycles. The first-order valence-electron chi connectivity index (χ1n) is 11.0. The largest absolute Gasteiger partial charge is 0.469 e. The Balaban J connectivity index is 1.77. The van der Waals surface area contributed by atoms with Crippen LogP contribution in [0.1, 0.15) is 30.0 Å². The highest BCUT2D eigenvalue weighted by molar-refractivity contribution is 5.94. The molecule has 4 rings (SSSR count). The monoisotopic (exact) mass is 451 g/mol. The lowest BCUT2D eigenvalue weighted by Gasteiger charge is -2.31. The highest BCUT2D eigenvalue weighted by atomic mass is 16.5. The van der Waals surface area contributed by atoms with Crippen molar-refractivity contribution in [3.05, 3.63) is 101 Å². The second-order valence-electron chi connectivity index (χ2n) is 7.99. The van der Waals surface area contributed by atoms with Gasteiger partial charge in [0.2, 0.25) is 0 Å². The summed E-state index contributed by atoms with van der Waals surface area (Å²) in [5, 5.41) is 9.17. The van der Waals surface area contributed by atoms with E-state index in [0.717, 1.165) is 40.2 Å². The maximum Gasteiger partial charge on any atom is 0.305 e. The fraction of sp³-hybridized carbons (Fsp3) is 0.179. The van der Waals surface area contributed by atoms with Gasteiger partial charge in [-0.05, 0) is 55.3 Å². The van der Waals surface area contributed by atoms with E-state index >= 15 is 0 Å². The molecule has 1 atom stereocenters. The van der Waals surface area contributed by atoms with Gasteiger partial charge in [-0.2, -0.15) is 5.26 Å². The lowest BCUT2D eigenvalue weighted by Crippen LogP contribution is -2.41. The van der Waals surface area contributed by atoms with Crippen molar-refractivity contribution in [3.8, 4) is 6.07 Å². The molecule has 0 amide bonds. The molecular weight excluding hydrogens is 426 g/mol. The van der Waals surface area contributed by atoms with Crippen molar-refractivity contribution in [2.75, 3.05) is 16.9 Å². The van der Waals surface area contributed by atoms with E-state index in [1.807, 2.05) is 83.5 Å². The Kier molecular flexibility index (Phi) is 6.74. The number of hydrogen-bond donors (Lipinski definition) is 0. The van der Waals surface area contributed by atoms with E-state index < -0.39 is 6.17 Å². The van der Waals surface area contributed by atoms with Crippen molar-refractivity contribution in [1.29, 1.82) is 5.26 Å². The van der Waals surface area contributed by atoms with Crippen molar-refractivity contribution in [2.45, 2.75) is 25.9 Å². The molecule has 0 radical (unpaired) electrons.